The van der Waals surface area contributed by atoms with Crippen LogP contribution >= 0.6 is 0 Å². The second-order valence-electron chi connectivity index (χ2n) is 4.28. The minimum Gasteiger partial charge on any atom is -0.353 e. The van der Waals surface area contributed by atoms with E-state index in [1.807, 2.05) is 0 Å². The predicted octanol–water partition coefficient (Wildman–Crippen LogP) is 2.92. The Kier molecular flexibility index (Phi) is 4.20. The second kappa shape index (κ2) is 4.97. The molecule has 0 bridgehead atoms. The Labute approximate surface area is 81.6 Å². The first-order valence-corrected chi connectivity index (χ1v) is 5.23. The monoisotopic (exact) mass is 185 g/mol. The SMILES string of the molecule is [CH2]CCC(C)(C)OC1CCCCO1. The van der Waals surface area contributed by atoms with Gasteiger partial charge in [-0.25, -0.2) is 0 Å². The fraction of sp³-hybridized carbons (Fsp3) is 0.909. The molecule has 0 aliphatic carbocycles. The summed E-state index contributed by atoms with van der Waals surface area (Å²) in [5.74, 6) is 0. The van der Waals surface area contributed by atoms with Gasteiger partial charge in [-0.3, -0.25) is 0 Å². The van der Waals surface area contributed by atoms with E-state index < -0.39 is 0 Å². The van der Waals surface area contributed by atoms with Crippen LogP contribution < -0.4 is 0 Å². The predicted molar refractivity (Wildman–Crippen MR) is 53.3 cm³/mol. The molecule has 0 N–H and O–H groups in total. The van der Waals surface area contributed by atoms with Gasteiger partial charge in [0.1, 0.15) is 0 Å². The van der Waals surface area contributed by atoms with Gasteiger partial charge in [-0.05, 0) is 39.5 Å². The van der Waals surface area contributed by atoms with Gasteiger partial charge in [0, 0.05) is 6.61 Å². The Balaban J connectivity index is 2.28. The maximum atomic E-state index is 5.86. The molecule has 1 aliphatic heterocycles. The van der Waals surface area contributed by atoms with E-state index in [4.69, 9.17) is 9.47 Å². The number of ether oxygens (including phenoxy) is 2. The van der Waals surface area contributed by atoms with Crippen LogP contribution in [0.5, 0.6) is 0 Å². The van der Waals surface area contributed by atoms with Crippen LogP contribution in [0.4, 0.5) is 0 Å². The van der Waals surface area contributed by atoms with Gasteiger partial charge in [0.25, 0.3) is 0 Å². The van der Waals surface area contributed by atoms with Crippen molar-refractivity contribution in [3.8, 4) is 0 Å². The van der Waals surface area contributed by atoms with Crippen LogP contribution in [-0.4, -0.2) is 18.5 Å². The molecule has 0 amide bonds. The molecule has 1 rings (SSSR count). The number of hydrogen-bond acceptors (Lipinski definition) is 2. The quantitative estimate of drug-likeness (QED) is 0.670. The lowest BCUT2D eigenvalue weighted by Gasteiger charge is -2.32. The third kappa shape index (κ3) is 4.10. The first kappa shape index (κ1) is 11.0. The van der Waals surface area contributed by atoms with Crippen LogP contribution in [-0.2, 0) is 9.47 Å². The van der Waals surface area contributed by atoms with E-state index in [0.29, 0.717) is 0 Å². The van der Waals surface area contributed by atoms with Gasteiger partial charge in [-0.1, -0.05) is 13.3 Å². The Bertz CT molecular complexity index is 137. The lowest BCUT2D eigenvalue weighted by Crippen LogP contribution is -2.34. The van der Waals surface area contributed by atoms with Crippen molar-refractivity contribution in [1.82, 2.24) is 0 Å². The molecular formula is C11H21O2. The summed E-state index contributed by atoms with van der Waals surface area (Å²) in [6.07, 6.45) is 5.38. The molecule has 1 fully saturated rings. The van der Waals surface area contributed by atoms with E-state index in [9.17, 15) is 0 Å². The molecule has 1 unspecified atom stereocenters. The lowest BCUT2D eigenvalue weighted by molar-refractivity contribution is -0.216. The summed E-state index contributed by atoms with van der Waals surface area (Å²) >= 11 is 0. The average molecular weight is 185 g/mol. The van der Waals surface area contributed by atoms with Gasteiger partial charge < -0.3 is 9.47 Å². The Hall–Kier alpha value is -0.0800. The normalized spacial score (nSPS) is 24.7. The first-order chi connectivity index (χ1) is 6.14. The van der Waals surface area contributed by atoms with Crippen molar-refractivity contribution in [2.45, 2.75) is 57.8 Å². The summed E-state index contributed by atoms with van der Waals surface area (Å²) in [6.45, 7) is 8.91. The summed E-state index contributed by atoms with van der Waals surface area (Å²) < 4.78 is 11.4. The van der Waals surface area contributed by atoms with Crippen LogP contribution in [0.2, 0.25) is 0 Å². The zero-order chi connectivity index (χ0) is 9.73. The largest absolute Gasteiger partial charge is 0.353 e. The highest BCUT2D eigenvalue weighted by atomic mass is 16.7. The molecule has 0 aromatic heterocycles. The Morgan fingerprint density at radius 3 is 2.77 bits per heavy atom. The summed E-state index contributed by atoms with van der Waals surface area (Å²) in [5.41, 5.74) is -0.0796. The summed E-state index contributed by atoms with van der Waals surface area (Å²) in [6, 6.07) is 0. The number of rotatable bonds is 4. The van der Waals surface area contributed by atoms with E-state index in [1.54, 1.807) is 0 Å². The van der Waals surface area contributed by atoms with Gasteiger partial charge in [-0.15, -0.1) is 0 Å². The van der Waals surface area contributed by atoms with Crippen molar-refractivity contribution in [2.75, 3.05) is 6.61 Å². The van der Waals surface area contributed by atoms with E-state index in [2.05, 4.69) is 20.8 Å². The van der Waals surface area contributed by atoms with Gasteiger partial charge in [0.05, 0.1) is 5.60 Å². The average Bonchev–Trinajstić information content (AvgIpc) is 2.04. The molecule has 1 saturated heterocycles. The van der Waals surface area contributed by atoms with Crippen LogP contribution in [0.25, 0.3) is 0 Å². The van der Waals surface area contributed by atoms with Crippen molar-refractivity contribution >= 4 is 0 Å². The van der Waals surface area contributed by atoms with Gasteiger partial charge in [0.2, 0.25) is 0 Å². The van der Waals surface area contributed by atoms with Crippen LogP contribution in [0.15, 0.2) is 0 Å². The molecule has 0 aromatic rings. The minimum absolute atomic E-state index is 0.0234. The Morgan fingerprint density at radius 2 is 2.23 bits per heavy atom. The molecular weight excluding hydrogens is 164 g/mol. The van der Waals surface area contributed by atoms with Crippen molar-refractivity contribution < 1.29 is 9.47 Å². The number of hydrogen-bond donors (Lipinski definition) is 0. The van der Waals surface area contributed by atoms with E-state index in [0.717, 1.165) is 25.9 Å². The smallest absolute Gasteiger partial charge is 0.158 e. The van der Waals surface area contributed by atoms with E-state index in [1.165, 1.54) is 12.8 Å². The second-order valence-corrected chi connectivity index (χ2v) is 4.28. The van der Waals surface area contributed by atoms with Gasteiger partial charge in [0.15, 0.2) is 6.29 Å². The highest BCUT2D eigenvalue weighted by molar-refractivity contribution is 4.70. The lowest BCUT2D eigenvalue weighted by atomic mass is 10.0. The molecule has 2 nitrogen and oxygen atoms in total. The van der Waals surface area contributed by atoms with Crippen molar-refractivity contribution in [3.05, 3.63) is 6.92 Å². The topological polar surface area (TPSA) is 18.5 Å². The highest BCUT2D eigenvalue weighted by Crippen LogP contribution is 2.23. The molecule has 2 heteroatoms. The first-order valence-electron chi connectivity index (χ1n) is 5.23. The maximum Gasteiger partial charge on any atom is 0.158 e. The van der Waals surface area contributed by atoms with Crippen LogP contribution in [0, 0.1) is 6.92 Å². The van der Waals surface area contributed by atoms with Crippen LogP contribution in [0.1, 0.15) is 46.0 Å². The molecule has 1 atom stereocenters. The molecule has 13 heavy (non-hydrogen) atoms. The van der Waals surface area contributed by atoms with Crippen molar-refractivity contribution in [3.63, 3.8) is 0 Å². The highest BCUT2D eigenvalue weighted by Gasteiger charge is 2.24. The molecule has 77 valence electrons. The molecule has 0 spiro atoms. The van der Waals surface area contributed by atoms with Gasteiger partial charge in [-0.2, -0.15) is 0 Å². The standard InChI is InChI=1S/C11H21O2/c1-4-8-11(2,3)13-10-7-5-6-9-12-10/h10H,1,4-9H2,2-3H3. The molecule has 1 radical (unpaired) electrons. The molecule has 0 saturated carbocycles. The summed E-state index contributed by atoms with van der Waals surface area (Å²) in [4.78, 5) is 0. The summed E-state index contributed by atoms with van der Waals surface area (Å²) in [7, 11) is 0. The molecule has 1 heterocycles. The van der Waals surface area contributed by atoms with Crippen LogP contribution in [0.3, 0.4) is 0 Å². The van der Waals surface area contributed by atoms with Gasteiger partial charge >= 0.3 is 0 Å². The third-order valence-corrected chi connectivity index (χ3v) is 2.37. The van der Waals surface area contributed by atoms with E-state index in [-0.39, 0.29) is 11.9 Å². The third-order valence-electron chi connectivity index (χ3n) is 2.37. The fourth-order valence-electron chi connectivity index (χ4n) is 1.64. The minimum atomic E-state index is -0.0796. The summed E-state index contributed by atoms with van der Waals surface area (Å²) in [5, 5.41) is 0. The maximum absolute atomic E-state index is 5.86. The molecule has 0 aromatic carbocycles. The van der Waals surface area contributed by atoms with E-state index >= 15 is 0 Å². The van der Waals surface area contributed by atoms with Crippen molar-refractivity contribution in [1.29, 1.82) is 0 Å². The Morgan fingerprint density at radius 1 is 1.46 bits per heavy atom. The molecule has 1 aliphatic rings. The zero-order valence-corrected chi connectivity index (χ0v) is 8.84. The zero-order valence-electron chi connectivity index (χ0n) is 8.84. The fourth-order valence-corrected chi connectivity index (χ4v) is 1.64. The van der Waals surface area contributed by atoms with Crippen molar-refractivity contribution in [2.24, 2.45) is 0 Å².